The van der Waals surface area contributed by atoms with E-state index in [0.29, 0.717) is 23.3 Å². The van der Waals surface area contributed by atoms with Gasteiger partial charge in [0.2, 0.25) is 0 Å². The number of amides is 1. The van der Waals surface area contributed by atoms with Crippen molar-refractivity contribution < 1.29 is 18.7 Å². The van der Waals surface area contributed by atoms with Crippen molar-refractivity contribution in [3.05, 3.63) is 48.5 Å². The summed E-state index contributed by atoms with van der Waals surface area (Å²) in [5.41, 5.74) is 1.01. The molecule has 0 fully saturated rings. The van der Waals surface area contributed by atoms with Crippen molar-refractivity contribution in [2.75, 3.05) is 0 Å². The zero-order valence-electron chi connectivity index (χ0n) is 12.3. The molecule has 0 aromatic carbocycles. The fourth-order valence-electron chi connectivity index (χ4n) is 1.66. The van der Waals surface area contributed by atoms with Crippen LogP contribution in [0.1, 0.15) is 44.1 Å². The second kappa shape index (κ2) is 7.99. The van der Waals surface area contributed by atoms with Gasteiger partial charge in [-0.2, -0.15) is 0 Å². The number of esters is 1. The first-order valence-electron chi connectivity index (χ1n) is 6.63. The normalized spacial score (nSPS) is 12.1. The average molecular weight is 289 g/mol. The first-order valence-corrected chi connectivity index (χ1v) is 6.63. The number of rotatable bonds is 7. The summed E-state index contributed by atoms with van der Waals surface area (Å²) >= 11 is 0. The molecule has 1 amide bonds. The Morgan fingerprint density at radius 2 is 2.24 bits per heavy atom. The van der Waals surface area contributed by atoms with Crippen molar-refractivity contribution in [2.45, 2.75) is 32.8 Å². The molecule has 0 radical (unpaired) electrons. The van der Waals surface area contributed by atoms with E-state index in [2.05, 4.69) is 18.2 Å². The van der Waals surface area contributed by atoms with E-state index in [0.717, 1.165) is 12.5 Å². The van der Waals surface area contributed by atoms with Crippen LogP contribution in [0.3, 0.4) is 0 Å². The number of hydrogen-bond acceptors (Lipinski definition) is 4. The Labute approximate surface area is 124 Å². The Bertz CT molecular complexity index is 569. The van der Waals surface area contributed by atoms with Gasteiger partial charge in [-0.25, -0.2) is 9.79 Å². The fourth-order valence-corrected chi connectivity index (χ4v) is 1.66. The maximum atomic E-state index is 11.4. The summed E-state index contributed by atoms with van der Waals surface area (Å²) < 4.78 is 10.6. The van der Waals surface area contributed by atoms with Crippen molar-refractivity contribution in [1.29, 1.82) is 0 Å². The highest BCUT2D eigenvalue weighted by molar-refractivity contribution is 6.00. The molecule has 5 heteroatoms. The molecule has 1 unspecified atom stereocenters. The summed E-state index contributed by atoms with van der Waals surface area (Å²) in [5.74, 6) is -0.539. The van der Waals surface area contributed by atoms with Crippen molar-refractivity contribution in [3.63, 3.8) is 0 Å². The van der Waals surface area contributed by atoms with E-state index in [1.54, 1.807) is 13.0 Å². The number of ether oxygens (including phenoxy) is 1. The molecule has 0 aliphatic carbocycles. The van der Waals surface area contributed by atoms with Crippen LogP contribution in [0.15, 0.2) is 46.5 Å². The van der Waals surface area contributed by atoms with Gasteiger partial charge in [-0.15, -0.1) is 0 Å². The first-order chi connectivity index (χ1) is 9.99. The molecule has 1 rings (SSSR count). The van der Waals surface area contributed by atoms with Crippen LogP contribution in [0, 0.1) is 0 Å². The van der Waals surface area contributed by atoms with Gasteiger partial charge in [-0.3, -0.25) is 4.79 Å². The van der Waals surface area contributed by atoms with Crippen molar-refractivity contribution in [3.8, 4) is 0 Å². The predicted molar refractivity (Wildman–Crippen MR) is 80.1 cm³/mol. The Hall–Kier alpha value is -2.43. The fraction of sp³-hybridized carbons (Fsp3) is 0.312. The largest absolute Gasteiger partial charge is 0.463 e. The van der Waals surface area contributed by atoms with Crippen molar-refractivity contribution in [1.82, 2.24) is 0 Å². The van der Waals surface area contributed by atoms with Crippen LogP contribution in [0.5, 0.6) is 0 Å². The highest BCUT2D eigenvalue weighted by atomic mass is 16.5. The third-order valence-corrected chi connectivity index (χ3v) is 2.71. The van der Waals surface area contributed by atoms with Crippen LogP contribution in [0.2, 0.25) is 0 Å². The third kappa shape index (κ3) is 4.87. The summed E-state index contributed by atoms with van der Waals surface area (Å²) in [7, 11) is 0. The van der Waals surface area contributed by atoms with E-state index in [-0.39, 0.29) is 0 Å². The van der Waals surface area contributed by atoms with Crippen LogP contribution >= 0.6 is 0 Å². The highest BCUT2D eigenvalue weighted by Gasteiger charge is 2.19. The van der Waals surface area contributed by atoms with Crippen LogP contribution in [-0.2, 0) is 14.3 Å². The summed E-state index contributed by atoms with van der Waals surface area (Å²) in [6.07, 6.45) is 4.89. The van der Waals surface area contributed by atoms with E-state index in [1.165, 1.54) is 12.5 Å². The third-order valence-electron chi connectivity index (χ3n) is 2.71. The lowest BCUT2D eigenvalue weighted by molar-refractivity contribution is -0.143. The zero-order chi connectivity index (χ0) is 15.8. The number of furan rings is 1. The second-order valence-corrected chi connectivity index (χ2v) is 4.50. The lowest BCUT2D eigenvalue weighted by atomic mass is 10.1. The van der Waals surface area contributed by atoms with Gasteiger partial charge in [-0.1, -0.05) is 26.5 Å². The molecule has 0 spiro atoms. The standard InChI is InChI=1S/C16H19NO4/c1-5-7-13(21-15(18)6-2)12-8-9-20-14(12)10-17-16(19)11(3)4/h6,8-10,13H,2-3,5,7H2,1,4H3. The molecular weight excluding hydrogens is 270 g/mol. The smallest absolute Gasteiger partial charge is 0.330 e. The molecule has 112 valence electrons. The molecule has 0 saturated heterocycles. The Kier molecular flexibility index (Phi) is 6.33. The van der Waals surface area contributed by atoms with Gasteiger partial charge in [0.15, 0.2) is 5.76 Å². The van der Waals surface area contributed by atoms with Gasteiger partial charge in [-0.05, 0) is 19.4 Å². The summed E-state index contributed by atoms with van der Waals surface area (Å²) in [6, 6.07) is 1.70. The Balaban J connectivity index is 2.97. The average Bonchev–Trinajstić information content (AvgIpc) is 2.92. The Morgan fingerprint density at radius 3 is 2.81 bits per heavy atom. The van der Waals surface area contributed by atoms with E-state index < -0.39 is 18.0 Å². The molecule has 1 aromatic heterocycles. The molecule has 0 aliphatic rings. The highest BCUT2D eigenvalue weighted by Crippen LogP contribution is 2.26. The minimum Gasteiger partial charge on any atom is -0.463 e. The van der Waals surface area contributed by atoms with Crippen LogP contribution in [-0.4, -0.2) is 18.1 Å². The van der Waals surface area contributed by atoms with Crippen molar-refractivity contribution in [2.24, 2.45) is 4.99 Å². The van der Waals surface area contributed by atoms with Crippen molar-refractivity contribution >= 4 is 18.1 Å². The van der Waals surface area contributed by atoms with E-state index in [9.17, 15) is 9.59 Å². The van der Waals surface area contributed by atoms with E-state index in [4.69, 9.17) is 9.15 Å². The molecule has 0 bridgehead atoms. The van der Waals surface area contributed by atoms with Gasteiger partial charge in [0.05, 0.1) is 12.5 Å². The number of hydrogen-bond donors (Lipinski definition) is 0. The summed E-state index contributed by atoms with van der Waals surface area (Å²) in [5, 5.41) is 0. The van der Waals surface area contributed by atoms with Gasteiger partial charge in [0.1, 0.15) is 6.10 Å². The van der Waals surface area contributed by atoms with Gasteiger partial charge in [0.25, 0.3) is 5.91 Å². The van der Waals surface area contributed by atoms with E-state index in [1.807, 2.05) is 6.92 Å². The van der Waals surface area contributed by atoms with Gasteiger partial charge in [0, 0.05) is 17.2 Å². The molecule has 1 heterocycles. The number of carbonyl (C=O) groups is 2. The van der Waals surface area contributed by atoms with Gasteiger partial charge >= 0.3 is 5.97 Å². The monoisotopic (exact) mass is 289 g/mol. The molecule has 1 aromatic rings. The van der Waals surface area contributed by atoms with E-state index >= 15 is 0 Å². The van der Waals surface area contributed by atoms with Gasteiger partial charge < -0.3 is 9.15 Å². The molecule has 1 atom stereocenters. The lowest BCUT2D eigenvalue weighted by Gasteiger charge is -2.15. The quantitative estimate of drug-likeness (QED) is 0.438. The minimum atomic E-state index is -0.504. The molecule has 21 heavy (non-hydrogen) atoms. The lowest BCUT2D eigenvalue weighted by Crippen LogP contribution is -2.10. The zero-order valence-corrected chi connectivity index (χ0v) is 12.3. The molecular formula is C16H19NO4. The molecule has 0 N–H and O–H groups in total. The van der Waals surface area contributed by atoms with Crippen LogP contribution in [0.25, 0.3) is 0 Å². The summed E-state index contributed by atoms with van der Waals surface area (Å²) in [4.78, 5) is 26.6. The second-order valence-electron chi connectivity index (χ2n) is 4.50. The Morgan fingerprint density at radius 1 is 1.52 bits per heavy atom. The predicted octanol–water partition coefficient (Wildman–Crippen LogP) is 3.37. The minimum absolute atomic E-state index is 0.336. The maximum Gasteiger partial charge on any atom is 0.330 e. The molecule has 5 nitrogen and oxygen atoms in total. The maximum absolute atomic E-state index is 11.4. The van der Waals surface area contributed by atoms with Crippen LogP contribution < -0.4 is 0 Å². The number of carbonyl (C=O) groups excluding carboxylic acids is 2. The topological polar surface area (TPSA) is 68.9 Å². The molecule has 0 aliphatic heterocycles. The summed E-state index contributed by atoms with van der Waals surface area (Å²) in [6.45, 7) is 10.5. The SMILES string of the molecule is C=CC(=O)OC(CCC)c1ccoc1C=NC(=O)C(=C)C. The number of nitrogens with zero attached hydrogens (tertiary/aromatic N) is 1. The molecule has 0 saturated carbocycles. The number of aliphatic imine (C=N–C) groups is 1. The first kappa shape index (κ1) is 16.6. The van der Waals surface area contributed by atoms with Crippen LogP contribution in [0.4, 0.5) is 0 Å².